The van der Waals surface area contributed by atoms with Crippen LogP contribution in [0.1, 0.15) is 56.7 Å². The molecule has 0 unspecified atom stereocenters. The monoisotopic (exact) mass is 386 g/mol. The molecule has 0 saturated heterocycles. The minimum absolute atomic E-state index is 0.746. The standard InChI is InChI=1S/C27H34N2/c1-4-9-22-14-16-23(17-15-22)19-29-27(24-11-6-5-7-12-24)26(21(3)28-29)25-13-8-10-20(2)18-25/h5-8,10-13,18,22-23H,4,9,14-17,19H2,1-3H3. The Hall–Kier alpha value is -2.35. The predicted octanol–water partition coefficient (Wildman–Crippen LogP) is 7.44. The molecule has 0 radical (unpaired) electrons. The summed E-state index contributed by atoms with van der Waals surface area (Å²) in [6, 6.07) is 19.7. The fourth-order valence-electron chi connectivity index (χ4n) is 5.10. The van der Waals surface area contributed by atoms with E-state index in [2.05, 4.69) is 80.1 Å². The van der Waals surface area contributed by atoms with Crippen molar-refractivity contribution < 1.29 is 0 Å². The largest absolute Gasteiger partial charge is 0.264 e. The van der Waals surface area contributed by atoms with Crippen molar-refractivity contribution in [2.45, 2.75) is 65.8 Å². The molecule has 1 saturated carbocycles. The van der Waals surface area contributed by atoms with Gasteiger partial charge in [0.1, 0.15) is 0 Å². The summed E-state index contributed by atoms with van der Waals surface area (Å²) in [6.45, 7) is 7.69. The maximum absolute atomic E-state index is 5.06. The summed E-state index contributed by atoms with van der Waals surface area (Å²) in [5.74, 6) is 1.70. The zero-order chi connectivity index (χ0) is 20.2. The highest BCUT2D eigenvalue weighted by Crippen LogP contribution is 2.38. The molecule has 3 aromatic rings. The van der Waals surface area contributed by atoms with Gasteiger partial charge in [0, 0.05) is 17.7 Å². The van der Waals surface area contributed by atoms with E-state index in [9.17, 15) is 0 Å². The summed E-state index contributed by atoms with van der Waals surface area (Å²) >= 11 is 0. The molecule has 2 heteroatoms. The minimum atomic E-state index is 0.746. The molecule has 4 rings (SSSR count). The first kappa shape index (κ1) is 19.9. The Morgan fingerprint density at radius 1 is 0.862 bits per heavy atom. The second-order valence-electron chi connectivity index (χ2n) is 8.90. The Morgan fingerprint density at radius 2 is 1.55 bits per heavy atom. The van der Waals surface area contributed by atoms with E-state index in [4.69, 9.17) is 5.10 Å². The summed E-state index contributed by atoms with van der Waals surface area (Å²) in [5, 5.41) is 5.06. The van der Waals surface area contributed by atoms with Gasteiger partial charge in [-0.3, -0.25) is 4.68 Å². The third-order valence-electron chi connectivity index (χ3n) is 6.58. The molecular formula is C27H34N2. The number of hydrogen-bond donors (Lipinski definition) is 0. The van der Waals surface area contributed by atoms with Crippen LogP contribution < -0.4 is 0 Å². The zero-order valence-electron chi connectivity index (χ0n) is 18.2. The SMILES string of the molecule is CCCC1CCC(Cn2nc(C)c(-c3cccc(C)c3)c2-c2ccccc2)CC1. The molecule has 1 aliphatic rings. The van der Waals surface area contributed by atoms with Crippen molar-refractivity contribution in [3.8, 4) is 22.4 Å². The number of hydrogen-bond acceptors (Lipinski definition) is 1. The average Bonchev–Trinajstić information content (AvgIpc) is 3.06. The van der Waals surface area contributed by atoms with Gasteiger partial charge in [0.15, 0.2) is 0 Å². The molecule has 29 heavy (non-hydrogen) atoms. The van der Waals surface area contributed by atoms with Crippen LogP contribution in [0.15, 0.2) is 54.6 Å². The van der Waals surface area contributed by atoms with E-state index < -0.39 is 0 Å². The van der Waals surface area contributed by atoms with Gasteiger partial charge in [0.25, 0.3) is 0 Å². The molecule has 0 amide bonds. The Balaban J connectivity index is 1.69. The molecule has 0 atom stereocenters. The van der Waals surface area contributed by atoms with E-state index in [1.54, 1.807) is 0 Å². The number of nitrogens with zero attached hydrogens (tertiary/aromatic N) is 2. The molecule has 0 spiro atoms. The van der Waals surface area contributed by atoms with Crippen LogP contribution in [0.4, 0.5) is 0 Å². The molecule has 0 N–H and O–H groups in total. The fourth-order valence-corrected chi connectivity index (χ4v) is 5.10. The lowest BCUT2D eigenvalue weighted by Gasteiger charge is -2.28. The van der Waals surface area contributed by atoms with E-state index in [0.717, 1.165) is 24.1 Å². The van der Waals surface area contributed by atoms with Gasteiger partial charge < -0.3 is 0 Å². The molecule has 0 bridgehead atoms. The summed E-state index contributed by atoms with van der Waals surface area (Å²) in [5.41, 5.74) is 7.55. The molecule has 2 nitrogen and oxygen atoms in total. The van der Waals surface area contributed by atoms with Gasteiger partial charge in [0.05, 0.1) is 11.4 Å². The van der Waals surface area contributed by atoms with E-state index in [-0.39, 0.29) is 0 Å². The first-order valence-corrected chi connectivity index (χ1v) is 11.4. The summed E-state index contributed by atoms with van der Waals surface area (Å²) in [6.07, 6.45) is 8.20. The van der Waals surface area contributed by atoms with E-state index >= 15 is 0 Å². The Labute approximate surface area is 176 Å². The van der Waals surface area contributed by atoms with E-state index in [1.807, 2.05) is 0 Å². The highest BCUT2D eigenvalue weighted by molar-refractivity contribution is 5.83. The third kappa shape index (κ3) is 4.47. The lowest BCUT2D eigenvalue weighted by Crippen LogP contribution is -2.20. The van der Waals surface area contributed by atoms with Gasteiger partial charge in [-0.25, -0.2) is 0 Å². The molecule has 1 aliphatic carbocycles. The minimum Gasteiger partial charge on any atom is -0.264 e. The molecule has 1 aromatic heterocycles. The number of benzene rings is 2. The maximum atomic E-state index is 5.06. The van der Waals surface area contributed by atoms with Gasteiger partial charge in [-0.05, 0) is 44.1 Å². The van der Waals surface area contributed by atoms with Crippen molar-refractivity contribution in [2.75, 3.05) is 0 Å². The van der Waals surface area contributed by atoms with Gasteiger partial charge in [0.2, 0.25) is 0 Å². The summed E-state index contributed by atoms with van der Waals surface area (Å²) < 4.78 is 2.31. The Bertz CT molecular complexity index is 930. The predicted molar refractivity (Wildman–Crippen MR) is 123 cm³/mol. The van der Waals surface area contributed by atoms with Crippen molar-refractivity contribution in [1.29, 1.82) is 0 Å². The number of rotatable bonds is 6. The van der Waals surface area contributed by atoms with Crippen LogP contribution in [0, 0.1) is 25.7 Å². The van der Waals surface area contributed by atoms with Crippen molar-refractivity contribution in [2.24, 2.45) is 11.8 Å². The van der Waals surface area contributed by atoms with Crippen LogP contribution in [-0.4, -0.2) is 9.78 Å². The van der Waals surface area contributed by atoms with Gasteiger partial charge in [-0.1, -0.05) is 92.8 Å². The third-order valence-corrected chi connectivity index (χ3v) is 6.58. The van der Waals surface area contributed by atoms with E-state index in [0.29, 0.717) is 0 Å². The lowest BCUT2D eigenvalue weighted by molar-refractivity contribution is 0.237. The van der Waals surface area contributed by atoms with Crippen molar-refractivity contribution >= 4 is 0 Å². The molecule has 0 aliphatic heterocycles. The number of aryl methyl sites for hydroxylation is 2. The fraction of sp³-hybridized carbons (Fsp3) is 0.444. The Kier molecular flexibility index (Phi) is 6.18. The van der Waals surface area contributed by atoms with Crippen LogP contribution in [0.2, 0.25) is 0 Å². The smallest absolute Gasteiger partial charge is 0.0763 e. The quantitative estimate of drug-likeness (QED) is 0.430. The second-order valence-corrected chi connectivity index (χ2v) is 8.90. The normalized spacial score (nSPS) is 19.4. The molecule has 152 valence electrons. The van der Waals surface area contributed by atoms with Crippen molar-refractivity contribution in [1.82, 2.24) is 9.78 Å². The highest BCUT2D eigenvalue weighted by atomic mass is 15.3. The zero-order valence-corrected chi connectivity index (χ0v) is 18.2. The molecular weight excluding hydrogens is 352 g/mol. The van der Waals surface area contributed by atoms with Gasteiger partial charge in [-0.15, -0.1) is 0 Å². The highest BCUT2D eigenvalue weighted by Gasteiger charge is 2.24. The van der Waals surface area contributed by atoms with Crippen LogP contribution in [0.25, 0.3) is 22.4 Å². The van der Waals surface area contributed by atoms with Crippen LogP contribution in [-0.2, 0) is 6.54 Å². The van der Waals surface area contributed by atoms with Crippen LogP contribution in [0.3, 0.4) is 0 Å². The lowest BCUT2D eigenvalue weighted by atomic mass is 9.80. The van der Waals surface area contributed by atoms with Gasteiger partial charge in [-0.2, -0.15) is 5.10 Å². The number of aromatic nitrogens is 2. The van der Waals surface area contributed by atoms with Crippen molar-refractivity contribution in [3.05, 3.63) is 65.9 Å². The molecule has 1 fully saturated rings. The van der Waals surface area contributed by atoms with Crippen LogP contribution in [0.5, 0.6) is 0 Å². The first-order valence-electron chi connectivity index (χ1n) is 11.4. The maximum Gasteiger partial charge on any atom is 0.0763 e. The summed E-state index contributed by atoms with van der Waals surface area (Å²) in [7, 11) is 0. The van der Waals surface area contributed by atoms with E-state index in [1.165, 1.54) is 66.5 Å². The summed E-state index contributed by atoms with van der Waals surface area (Å²) in [4.78, 5) is 0. The van der Waals surface area contributed by atoms with Crippen molar-refractivity contribution in [3.63, 3.8) is 0 Å². The average molecular weight is 387 g/mol. The second kappa shape index (κ2) is 8.98. The molecule has 2 aromatic carbocycles. The van der Waals surface area contributed by atoms with Gasteiger partial charge >= 0.3 is 0 Å². The topological polar surface area (TPSA) is 17.8 Å². The molecule has 1 heterocycles. The first-order chi connectivity index (χ1) is 14.2. The van der Waals surface area contributed by atoms with Crippen LogP contribution >= 0.6 is 0 Å². The Morgan fingerprint density at radius 3 is 2.24 bits per heavy atom.